The summed E-state index contributed by atoms with van der Waals surface area (Å²) in [4.78, 5) is 2.42. The summed E-state index contributed by atoms with van der Waals surface area (Å²) in [6, 6.07) is 2.45. The zero-order valence-corrected chi connectivity index (χ0v) is 10.1. The molecule has 16 heavy (non-hydrogen) atoms. The van der Waals surface area contributed by atoms with Crippen molar-refractivity contribution >= 4 is 0 Å². The maximum atomic E-state index is 4.81. The van der Waals surface area contributed by atoms with Crippen molar-refractivity contribution in [1.82, 2.24) is 15.4 Å². The van der Waals surface area contributed by atoms with Gasteiger partial charge in [0.2, 0.25) is 0 Å². The summed E-state index contributed by atoms with van der Waals surface area (Å²) in [5.41, 5.74) is 0.982. The maximum absolute atomic E-state index is 4.81. The maximum Gasteiger partial charge on any atom is 0.124 e. The number of rotatable bonds is 4. The van der Waals surface area contributed by atoms with E-state index in [1.54, 1.807) is 6.26 Å². The third-order valence-electron chi connectivity index (χ3n) is 3.46. The van der Waals surface area contributed by atoms with Crippen LogP contribution in [0, 0.1) is 5.92 Å². The van der Waals surface area contributed by atoms with Crippen LogP contribution in [0.5, 0.6) is 0 Å². The number of nitrogens with zero attached hydrogens (tertiary/aromatic N) is 2. The molecular weight excluding hydrogens is 202 g/mol. The highest BCUT2D eigenvalue weighted by Gasteiger charge is 2.22. The Bertz CT molecular complexity index is 299. The van der Waals surface area contributed by atoms with Crippen molar-refractivity contribution in [3.8, 4) is 0 Å². The van der Waals surface area contributed by atoms with Crippen LogP contribution in [-0.4, -0.2) is 36.2 Å². The lowest BCUT2D eigenvalue weighted by atomic mass is 9.92. The first-order valence-electron chi connectivity index (χ1n) is 6.07. The van der Waals surface area contributed by atoms with Gasteiger partial charge in [0, 0.05) is 25.2 Å². The molecule has 0 spiro atoms. The molecule has 0 saturated carbocycles. The van der Waals surface area contributed by atoms with Crippen LogP contribution in [-0.2, 0) is 6.54 Å². The summed E-state index contributed by atoms with van der Waals surface area (Å²) in [5.74, 6) is 0.755. The number of aromatic nitrogens is 1. The van der Waals surface area contributed by atoms with Crippen LogP contribution in [0.2, 0.25) is 0 Å². The molecule has 1 aliphatic rings. The molecule has 4 heteroatoms. The van der Waals surface area contributed by atoms with Crippen molar-refractivity contribution < 1.29 is 4.52 Å². The quantitative estimate of drug-likeness (QED) is 0.839. The second kappa shape index (κ2) is 5.46. The van der Waals surface area contributed by atoms with Crippen molar-refractivity contribution in [3.63, 3.8) is 0 Å². The molecule has 2 atom stereocenters. The molecule has 0 radical (unpaired) electrons. The molecule has 1 N–H and O–H groups in total. The van der Waals surface area contributed by atoms with E-state index < -0.39 is 0 Å². The molecule has 2 rings (SSSR count). The Balaban J connectivity index is 1.76. The van der Waals surface area contributed by atoms with E-state index in [9.17, 15) is 0 Å². The van der Waals surface area contributed by atoms with E-state index in [0.717, 1.165) is 18.2 Å². The van der Waals surface area contributed by atoms with Gasteiger partial charge in [-0.05, 0) is 39.3 Å². The molecule has 1 fully saturated rings. The SMILES string of the molecule is CC(NCc1ccon1)C1CCCN(C)C1. The minimum atomic E-state index is 0.541. The van der Waals surface area contributed by atoms with Crippen molar-refractivity contribution in [3.05, 3.63) is 18.0 Å². The molecule has 1 saturated heterocycles. The fourth-order valence-corrected chi connectivity index (χ4v) is 2.38. The molecule has 2 heterocycles. The second-order valence-electron chi connectivity index (χ2n) is 4.82. The molecule has 0 bridgehead atoms. The van der Waals surface area contributed by atoms with Gasteiger partial charge < -0.3 is 14.7 Å². The molecule has 1 aliphatic heterocycles. The van der Waals surface area contributed by atoms with Gasteiger partial charge in [0.1, 0.15) is 6.26 Å². The minimum absolute atomic E-state index is 0.541. The van der Waals surface area contributed by atoms with Crippen molar-refractivity contribution in [1.29, 1.82) is 0 Å². The lowest BCUT2D eigenvalue weighted by Crippen LogP contribution is -2.42. The van der Waals surface area contributed by atoms with Crippen LogP contribution in [0.4, 0.5) is 0 Å². The van der Waals surface area contributed by atoms with Crippen molar-refractivity contribution in [2.75, 3.05) is 20.1 Å². The largest absolute Gasteiger partial charge is 0.364 e. The summed E-state index contributed by atoms with van der Waals surface area (Å²) in [7, 11) is 2.20. The highest BCUT2D eigenvalue weighted by Crippen LogP contribution is 2.18. The van der Waals surface area contributed by atoms with Crippen LogP contribution >= 0.6 is 0 Å². The number of likely N-dealkylation sites (tertiary alicyclic amines) is 1. The Morgan fingerprint density at radius 2 is 2.56 bits per heavy atom. The van der Waals surface area contributed by atoms with E-state index in [-0.39, 0.29) is 0 Å². The Morgan fingerprint density at radius 1 is 1.69 bits per heavy atom. The topological polar surface area (TPSA) is 41.3 Å². The summed E-state index contributed by atoms with van der Waals surface area (Å²) in [5, 5.41) is 7.43. The van der Waals surface area contributed by atoms with E-state index in [1.165, 1.54) is 25.9 Å². The molecule has 0 amide bonds. The fourth-order valence-electron chi connectivity index (χ4n) is 2.38. The van der Waals surface area contributed by atoms with Gasteiger partial charge in [0.15, 0.2) is 0 Å². The van der Waals surface area contributed by atoms with Crippen molar-refractivity contribution in [2.45, 2.75) is 32.4 Å². The Hall–Kier alpha value is -0.870. The van der Waals surface area contributed by atoms with E-state index >= 15 is 0 Å². The Morgan fingerprint density at radius 3 is 3.25 bits per heavy atom. The van der Waals surface area contributed by atoms with Gasteiger partial charge in [-0.1, -0.05) is 5.16 Å². The fraction of sp³-hybridized carbons (Fsp3) is 0.750. The number of piperidine rings is 1. The molecule has 1 aromatic heterocycles. The predicted molar refractivity (Wildman–Crippen MR) is 63.0 cm³/mol. The molecule has 90 valence electrons. The predicted octanol–water partition coefficient (Wildman–Crippen LogP) is 1.49. The lowest BCUT2D eigenvalue weighted by Gasteiger charge is -2.33. The third kappa shape index (κ3) is 3.06. The molecular formula is C12H21N3O. The smallest absolute Gasteiger partial charge is 0.124 e. The lowest BCUT2D eigenvalue weighted by molar-refractivity contribution is 0.178. The zero-order chi connectivity index (χ0) is 11.4. The van der Waals surface area contributed by atoms with Crippen LogP contribution < -0.4 is 5.32 Å². The van der Waals surface area contributed by atoms with Crippen LogP contribution in [0.25, 0.3) is 0 Å². The summed E-state index contributed by atoms with van der Waals surface area (Å²) in [6.07, 6.45) is 4.27. The third-order valence-corrected chi connectivity index (χ3v) is 3.46. The monoisotopic (exact) mass is 223 g/mol. The summed E-state index contributed by atoms with van der Waals surface area (Å²) in [6.45, 7) is 5.52. The minimum Gasteiger partial charge on any atom is -0.364 e. The highest BCUT2D eigenvalue weighted by molar-refractivity contribution is 4.95. The van der Waals surface area contributed by atoms with E-state index in [1.807, 2.05) is 6.07 Å². The molecule has 2 unspecified atom stereocenters. The first-order valence-corrected chi connectivity index (χ1v) is 6.07. The highest BCUT2D eigenvalue weighted by atomic mass is 16.5. The Labute approximate surface area is 97.0 Å². The summed E-state index contributed by atoms with van der Waals surface area (Å²) >= 11 is 0. The van der Waals surface area contributed by atoms with Crippen LogP contribution in [0.3, 0.4) is 0 Å². The van der Waals surface area contributed by atoms with Crippen molar-refractivity contribution in [2.24, 2.45) is 5.92 Å². The van der Waals surface area contributed by atoms with Crippen LogP contribution in [0.15, 0.2) is 16.9 Å². The number of hydrogen-bond donors (Lipinski definition) is 1. The van der Waals surface area contributed by atoms with E-state index in [0.29, 0.717) is 6.04 Å². The zero-order valence-electron chi connectivity index (χ0n) is 10.1. The van der Waals surface area contributed by atoms with Gasteiger partial charge >= 0.3 is 0 Å². The van der Waals surface area contributed by atoms with Gasteiger partial charge in [-0.15, -0.1) is 0 Å². The average molecular weight is 223 g/mol. The molecule has 0 aromatic carbocycles. The normalized spacial score (nSPS) is 24.5. The Kier molecular flexibility index (Phi) is 3.96. The number of nitrogens with one attached hydrogen (secondary N) is 1. The van der Waals surface area contributed by atoms with Gasteiger partial charge in [-0.2, -0.15) is 0 Å². The second-order valence-corrected chi connectivity index (χ2v) is 4.82. The van der Waals surface area contributed by atoms with E-state index in [2.05, 4.69) is 29.3 Å². The molecule has 0 aliphatic carbocycles. The van der Waals surface area contributed by atoms with Gasteiger partial charge in [0.25, 0.3) is 0 Å². The van der Waals surface area contributed by atoms with Gasteiger partial charge in [-0.3, -0.25) is 0 Å². The standard InChI is InChI=1S/C12H21N3O/c1-10(11-4-3-6-15(2)9-11)13-8-12-5-7-16-14-12/h5,7,10-11,13H,3-4,6,8-9H2,1-2H3. The first kappa shape index (κ1) is 11.6. The van der Waals surface area contributed by atoms with Crippen LogP contribution in [0.1, 0.15) is 25.5 Å². The molecule has 4 nitrogen and oxygen atoms in total. The van der Waals surface area contributed by atoms with Gasteiger partial charge in [-0.25, -0.2) is 0 Å². The van der Waals surface area contributed by atoms with E-state index in [4.69, 9.17) is 4.52 Å². The van der Waals surface area contributed by atoms with Gasteiger partial charge in [0.05, 0.1) is 5.69 Å². The summed E-state index contributed by atoms with van der Waals surface area (Å²) < 4.78 is 4.81. The first-order chi connectivity index (χ1) is 7.75. The number of hydrogen-bond acceptors (Lipinski definition) is 4. The average Bonchev–Trinajstić information content (AvgIpc) is 2.78. The molecule has 1 aromatic rings.